The molecule has 0 aliphatic carbocycles. The average Bonchev–Trinajstić information content (AvgIpc) is 2.65. The maximum atomic E-state index is 10.7. The summed E-state index contributed by atoms with van der Waals surface area (Å²) in [5.74, 6) is 4.46. The molecule has 5 N–H and O–H groups in total. The van der Waals surface area contributed by atoms with Crippen LogP contribution in [-0.4, -0.2) is 28.4 Å². The zero-order valence-corrected chi connectivity index (χ0v) is 10.5. The second-order valence-electron chi connectivity index (χ2n) is 3.90. The molecule has 0 saturated heterocycles. The summed E-state index contributed by atoms with van der Waals surface area (Å²) in [5, 5.41) is 18.5. The SMILES string of the molecule is NNC(=S)Oc1ccc2c(c1)B(O)OC2CC(=O)O. The summed E-state index contributed by atoms with van der Waals surface area (Å²) in [6, 6.07) is 4.76. The van der Waals surface area contributed by atoms with Crippen molar-refractivity contribution in [2.24, 2.45) is 5.84 Å². The summed E-state index contributed by atoms with van der Waals surface area (Å²) in [4.78, 5) is 10.7. The molecule has 1 unspecified atom stereocenters. The van der Waals surface area contributed by atoms with Gasteiger partial charge in [0.1, 0.15) is 5.75 Å². The molecular formula is C10H11BN2O5S. The Morgan fingerprint density at radius 1 is 1.63 bits per heavy atom. The molecule has 0 aromatic heterocycles. The molecule has 100 valence electrons. The van der Waals surface area contributed by atoms with E-state index >= 15 is 0 Å². The molecule has 0 radical (unpaired) electrons. The zero-order valence-electron chi connectivity index (χ0n) is 9.70. The third-order valence-electron chi connectivity index (χ3n) is 2.65. The molecule has 0 bridgehead atoms. The van der Waals surface area contributed by atoms with Gasteiger partial charge in [-0.3, -0.25) is 10.2 Å². The van der Waals surface area contributed by atoms with Gasteiger partial charge in [0.2, 0.25) is 0 Å². The lowest BCUT2D eigenvalue weighted by Gasteiger charge is -2.10. The largest absolute Gasteiger partial charge is 0.492 e. The van der Waals surface area contributed by atoms with E-state index in [2.05, 4.69) is 5.43 Å². The fourth-order valence-corrected chi connectivity index (χ4v) is 1.98. The highest BCUT2D eigenvalue weighted by molar-refractivity contribution is 7.80. The molecule has 1 aromatic carbocycles. The highest BCUT2D eigenvalue weighted by Crippen LogP contribution is 2.28. The van der Waals surface area contributed by atoms with Crippen molar-refractivity contribution < 1.29 is 24.3 Å². The van der Waals surface area contributed by atoms with Gasteiger partial charge in [0.25, 0.3) is 5.17 Å². The Balaban J connectivity index is 2.23. The first-order valence-electron chi connectivity index (χ1n) is 5.39. The average molecular weight is 282 g/mol. The Morgan fingerprint density at radius 3 is 3.00 bits per heavy atom. The maximum absolute atomic E-state index is 10.7. The highest BCUT2D eigenvalue weighted by Gasteiger charge is 2.36. The number of rotatable bonds is 3. The molecule has 0 amide bonds. The minimum absolute atomic E-state index is 0.0181. The first-order valence-corrected chi connectivity index (χ1v) is 5.79. The van der Waals surface area contributed by atoms with Gasteiger partial charge in [0.15, 0.2) is 0 Å². The molecule has 19 heavy (non-hydrogen) atoms. The molecule has 1 aliphatic rings. The molecule has 0 fully saturated rings. The molecule has 0 spiro atoms. The van der Waals surface area contributed by atoms with E-state index in [0.29, 0.717) is 16.8 Å². The molecule has 1 aliphatic heterocycles. The van der Waals surface area contributed by atoms with Crippen LogP contribution in [0.2, 0.25) is 0 Å². The van der Waals surface area contributed by atoms with Gasteiger partial charge in [-0.05, 0) is 35.4 Å². The van der Waals surface area contributed by atoms with Gasteiger partial charge >= 0.3 is 13.1 Å². The molecule has 0 saturated carbocycles. The van der Waals surface area contributed by atoms with Gasteiger partial charge in [0, 0.05) is 0 Å². The van der Waals surface area contributed by atoms with Crippen molar-refractivity contribution in [1.29, 1.82) is 0 Å². The van der Waals surface area contributed by atoms with Gasteiger partial charge in [-0.2, -0.15) is 0 Å². The Kier molecular flexibility index (Phi) is 4.00. The fraction of sp³-hybridized carbons (Fsp3) is 0.200. The lowest BCUT2D eigenvalue weighted by molar-refractivity contribution is -0.138. The predicted molar refractivity (Wildman–Crippen MR) is 70.7 cm³/mol. The number of hydrogen-bond acceptors (Lipinski definition) is 6. The van der Waals surface area contributed by atoms with Gasteiger partial charge in [-0.15, -0.1) is 0 Å². The first-order chi connectivity index (χ1) is 9.01. The smallest absolute Gasteiger partial charge is 0.481 e. The number of fused-ring (bicyclic) bond motifs is 1. The third kappa shape index (κ3) is 3.02. The van der Waals surface area contributed by atoms with Crippen LogP contribution in [0.15, 0.2) is 18.2 Å². The van der Waals surface area contributed by atoms with Gasteiger partial charge in [0.05, 0.1) is 12.5 Å². The molecule has 1 atom stereocenters. The van der Waals surface area contributed by atoms with Crippen LogP contribution in [0, 0.1) is 0 Å². The summed E-state index contributed by atoms with van der Waals surface area (Å²) >= 11 is 4.75. The number of nitrogens with one attached hydrogen (secondary N) is 1. The summed E-state index contributed by atoms with van der Waals surface area (Å²) in [7, 11) is -1.18. The standard InChI is InChI=1S/C10H11BN2O5S/c12-13-10(19)17-5-1-2-6-7(3-5)11(16)18-8(6)4-9(14)15/h1-3,8,16H,4,12H2,(H,13,19)(H,14,15). The lowest BCUT2D eigenvalue weighted by atomic mass is 9.79. The zero-order chi connectivity index (χ0) is 14.0. The van der Waals surface area contributed by atoms with E-state index in [9.17, 15) is 9.82 Å². The summed E-state index contributed by atoms with van der Waals surface area (Å²) in [6.45, 7) is 0. The van der Waals surface area contributed by atoms with Crippen LogP contribution in [0.25, 0.3) is 0 Å². The Bertz CT molecular complexity index is 527. The number of hydrogen-bond donors (Lipinski definition) is 4. The number of nitrogens with two attached hydrogens (primary N) is 1. The summed E-state index contributed by atoms with van der Waals surface area (Å²) < 4.78 is 10.3. The summed E-state index contributed by atoms with van der Waals surface area (Å²) in [6.07, 6.45) is -0.885. The number of aliphatic carboxylic acids is 1. The van der Waals surface area contributed by atoms with Crippen LogP contribution in [-0.2, 0) is 9.45 Å². The second kappa shape index (κ2) is 5.53. The van der Waals surface area contributed by atoms with Gasteiger partial charge in [-0.1, -0.05) is 6.07 Å². The molecular weight excluding hydrogens is 271 g/mol. The molecule has 1 heterocycles. The lowest BCUT2D eigenvalue weighted by Crippen LogP contribution is -2.33. The van der Waals surface area contributed by atoms with Crippen molar-refractivity contribution in [1.82, 2.24) is 5.43 Å². The van der Waals surface area contributed by atoms with Crippen LogP contribution < -0.4 is 21.5 Å². The van der Waals surface area contributed by atoms with Crippen molar-refractivity contribution in [3.63, 3.8) is 0 Å². The number of ether oxygens (including phenoxy) is 1. The number of hydrazine groups is 1. The number of carboxylic acids is 1. The third-order valence-corrected chi connectivity index (χ3v) is 2.85. The van der Waals surface area contributed by atoms with Crippen molar-refractivity contribution in [3.05, 3.63) is 23.8 Å². The van der Waals surface area contributed by atoms with E-state index < -0.39 is 19.2 Å². The van der Waals surface area contributed by atoms with Crippen LogP contribution >= 0.6 is 12.2 Å². The maximum Gasteiger partial charge on any atom is 0.492 e. The van der Waals surface area contributed by atoms with Gasteiger partial charge < -0.3 is 19.5 Å². The van der Waals surface area contributed by atoms with Crippen molar-refractivity contribution >= 4 is 35.9 Å². The van der Waals surface area contributed by atoms with E-state index in [1.807, 2.05) is 0 Å². The molecule has 9 heteroatoms. The minimum atomic E-state index is -1.18. The predicted octanol–water partition coefficient (Wildman–Crippen LogP) is -0.953. The monoisotopic (exact) mass is 282 g/mol. The highest BCUT2D eigenvalue weighted by atomic mass is 32.1. The van der Waals surface area contributed by atoms with Crippen LogP contribution in [0.1, 0.15) is 18.1 Å². The first kappa shape index (κ1) is 13.7. The normalized spacial score (nSPS) is 16.9. The quantitative estimate of drug-likeness (QED) is 0.243. The van der Waals surface area contributed by atoms with Crippen LogP contribution in [0.5, 0.6) is 5.75 Å². The van der Waals surface area contributed by atoms with E-state index in [1.165, 1.54) is 6.07 Å². The van der Waals surface area contributed by atoms with E-state index in [0.717, 1.165) is 0 Å². The van der Waals surface area contributed by atoms with Crippen molar-refractivity contribution in [2.45, 2.75) is 12.5 Å². The topological polar surface area (TPSA) is 114 Å². The Labute approximate surface area is 114 Å². The van der Waals surface area contributed by atoms with Gasteiger partial charge in [-0.25, -0.2) is 5.84 Å². The summed E-state index contributed by atoms with van der Waals surface area (Å²) in [5.41, 5.74) is 3.25. The van der Waals surface area contributed by atoms with E-state index in [4.69, 9.17) is 32.6 Å². The fourth-order valence-electron chi connectivity index (χ4n) is 1.88. The van der Waals surface area contributed by atoms with Crippen LogP contribution in [0.3, 0.4) is 0 Å². The second-order valence-corrected chi connectivity index (χ2v) is 4.27. The number of thiocarbonyl (C=S) groups is 1. The Hall–Kier alpha value is -1.68. The molecule has 1 aromatic rings. The number of carbonyl (C=O) groups is 1. The van der Waals surface area contributed by atoms with E-state index in [1.54, 1.807) is 12.1 Å². The number of benzene rings is 1. The molecule has 7 nitrogen and oxygen atoms in total. The molecule has 2 rings (SSSR count). The van der Waals surface area contributed by atoms with Crippen molar-refractivity contribution in [2.75, 3.05) is 0 Å². The minimum Gasteiger partial charge on any atom is -0.481 e. The van der Waals surface area contributed by atoms with Crippen LogP contribution in [0.4, 0.5) is 0 Å². The van der Waals surface area contributed by atoms with E-state index in [-0.39, 0.29) is 11.6 Å². The number of carboxylic acid groups (broad SMARTS) is 1. The van der Waals surface area contributed by atoms with Crippen molar-refractivity contribution in [3.8, 4) is 5.75 Å². The Morgan fingerprint density at radius 2 is 2.37 bits per heavy atom.